The summed E-state index contributed by atoms with van der Waals surface area (Å²) >= 11 is 0. The predicted octanol–water partition coefficient (Wildman–Crippen LogP) is 1.26. The van der Waals surface area contributed by atoms with Crippen molar-refractivity contribution in [2.24, 2.45) is 11.1 Å². The molecule has 0 saturated heterocycles. The molecule has 0 aromatic heterocycles. The molecule has 7 heavy (non-hydrogen) atoms. The van der Waals surface area contributed by atoms with E-state index in [1.165, 1.54) is 0 Å². The normalized spacial score (nSPS) is 25.7. The first-order chi connectivity index (χ1) is 3.10. The van der Waals surface area contributed by atoms with Crippen LogP contribution in [0.4, 0.5) is 0 Å². The Kier molecular flexibility index (Phi) is 0.689. The van der Waals surface area contributed by atoms with E-state index in [2.05, 4.69) is 19.9 Å². The van der Waals surface area contributed by atoms with Gasteiger partial charge in [0, 0.05) is 5.70 Å². The van der Waals surface area contributed by atoms with Crippen LogP contribution >= 0.6 is 0 Å². The van der Waals surface area contributed by atoms with Gasteiger partial charge in [-0.25, -0.2) is 0 Å². The second-order valence-corrected chi connectivity index (χ2v) is 2.88. The van der Waals surface area contributed by atoms with E-state index in [4.69, 9.17) is 5.73 Å². The van der Waals surface area contributed by atoms with E-state index in [9.17, 15) is 0 Å². The summed E-state index contributed by atoms with van der Waals surface area (Å²) in [5, 5.41) is 0. The lowest BCUT2D eigenvalue weighted by Gasteiger charge is -2.29. The van der Waals surface area contributed by atoms with Crippen molar-refractivity contribution in [3.63, 3.8) is 0 Å². The first-order valence-corrected chi connectivity index (χ1v) is 2.57. The maximum Gasteiger partial charge on any atom is 0.00540 e. The zero-order chi connectivity index (χ0) is 5.49. The molecule has 0 aliphatic heterocycles. The Bertz CT molecular complexity index is 111. The van der Waals surface area contributed by atoms with Gasteiger partial charge in [-0.15, -0.1) is 0 Å². The van der Waals surface area contributed by atoms with E-state index in [0.717, 1.165) is 12.1 Å². The number of hydrogen-bond acceptors (Lipinski definition) is 1. The highest BCUT2D eigenvalue weighted by atomic mass is 14.6. The average Bonchev–Trinajstić information content (AvgIpc) is 1.27. The maximum absolute atomic E-state index is 5.42. The van der Waals surface area contributed by atoms with Crippen LogP contribution in [0.15, 0.2) is 11.8 Å². The van der Waals surface area contributed by atoms with Gasteiger partial charge in [0.15, 0.2) is 0 Å². The fraction of sp³-hybridized carbons (Fsp3) is 0.667. The Hall–Kier alpha value is -0.460. The average molecular weight is 97.2 g/mol. The van der Waals surface area contributed by atoms with Crippen LogP contribution in [0.25, 0.3) is 0 Å². The minimum atomic E-state index is 0.407. The lowest BCUT2D eigenvalue weighted by Crippen LogP contribution is -2.23. The van der Waals surface area contributed by atoms with Gasteiger partial charge >= 0.3 is 0 Å². The fourth-order valence-electron chi connectivity index (χ4n) is 0.999. The molecule has 0 radical (unpaired) electrons. The second-order valence-electron chi connectivity index (χ2n) is 2.88. The molecule has 0 fully saturated rings. The van der Waals surface area contributed by atoms with E-state index >= 15 is 0 Å². The Labute approximate surface area is 44.2 Å². The topological polar surface area (TPSA) is 26.0 Å². The summed E-state index contributed by atoms with van der Waals surface area (Å²) in [7, 11) is 0. The van der Waals surface area contributed by atoms with Gasteiger partial charge in [0.25, 0.3) is 0 Å². The first-order valence-electron chi connectivity index (χ1n) is 2.57. The molecule has 0 atom stereocenters. The Balaban J connectivity index is 2.60. The van der Waals surface area contributed by atoms with E-state index in [-0.39, 0.29) is 0 Å². The lowest BCUT2D eigenvalue weighted by molar-refractivity contribution is 0.415. The Morgan fingerprint density at radius 2 is 2.14 bits per heavy atom. The highest BCUT2D eigenvalue weighted by Crippen LogP contribution is 2.34. The van der Waals surface area contributed by atoms with Gasteiger partial charge in [-0.05, 0) is 11.8 Å². The zero-order valence-corrected chi connectivity index (χ0v) is 4.86. The minimum absolute atomic E-state index is 0.407. The van der Waals surface area contributed by atoms with Crippen LogP contribution < -0.4 is 5.73 Å². The van der Waals surface area contributed by atoms with Crippen molar-refractivity contribution in [1.82, 2.24) is 0 Å². The molecule has 0 amide bonds. The fourth-order valence-corrected chi connectivity index (χ4v) is 0.999. The molecule has 40 valence electrons. The molecule has 0 spiro atoms. The highest BCUT2D eigenvalue weighted by Gasteiger charge is 2.23. The maximum atomic E-state index is 5.42. The monoisotopic (exact) mass is 97.1 g/mol. The van der Waals surface area contributed by atoms with Crippen molar-refractivity contribution < 1.29 is 0 Å². The summed E-state index contributed by atoms with van der Waals surface area (Å²) in [6, 6.07) is 0. The van der Waals surface area contributed by atoms with Gasteiger partial charge in [0.05, 0.1) is 0 Å². The molecule has 1 heteroatoms. The summed E-state index contributed by atoms with van der Waals surface area (Å²) in [5.41, 5.74) is 6.87. The van der Waals surface area contributed by atoms with Crippen molar-refractivity contribution in [1.29, 1.82) is 0 Å². The predicted molar refractivity (Wildman–Crippen MR) is 30.7 cm³/mol. The lowest BCUT2D eigenvalue weighted by atomic mass is 9.78. The molecule has 1 rings (SSSR count). The van der Waals surface area contributed by atoms with Crippen molar-refractivity contribution in [2.75, 3.05) is 0 Å². The van der Waals surface area contributed by atoms with Gasteiger partial charge in [0.2, 0.25) is 0 Å². The molecular weight excluding hydrogens is 86.1 g/mol. The van der Waals surface area contributed by atoms with E-state index in [0.29, 0.717) is 5.41 Å². The van der Waals surface area contributed by atoms with Crippen LogP contribution in [0.1, 0.15) is 20.3 Å². The molecule has 0 bridgehead atoms. The number of nitrogens with two attached hydrogens (primary N) is 1. The van der Waals surface area contributed by atoms with Crippen LogP contribution in [0.2, 0.25) is 0 Å². The summed E-state index contributed by atoms with van der Waals surface area (Å²) in [5.74, 6) is 0. The number of hydrogen-bond donors (Lipinski definition) is 1. The molecule has 1 nitrogen and oxygen atoms in total. The molecule has 0 saturated carbocycles. The smallest absolute Gasteiger partial charge is 0.00540 e. The van der Waals surface area contributed by atoms with Gasteiger partial charge in [-0.1, -0.05) is 19.9 Å². The molecule has 0 heterocycles. The van der Waals surface area contributed by atoms with E-state index in [1.54, 1.807) is 0 Å². The van der Waals surface area contributed by atoms with Crippen LogP contribution in [-0.2, 0) is 0 Å². The third kappa shape index (κ3) is 0.763. The Morgan fingerprint density at radius 3 is 2.14 bits per heavy atom. The van der Waals surface area contributed by atoms with Crippen LogP contribution in [0.3, 0.4) is 0 Å². The van der Waals surface area contributed by atoms with Crippen LogP contribution in [0.5, 0.6) is 0 Å². The number of rotatable bonds is 0. The minimum Gasteiger partial charge on any atom is -0.402 e. The van der Waals surface area contributed by atoms with Gasteiger partial charge in [-0.2, -0.15) is 0 Å². The molecule has 0 aromatic carbocycles. The highest BCUT2D eigenvalue weighted by molar-refractivity contribution is 5.17. The molecule has 2 N–H and O–H groups in total. The van der Waals surface area contributed by atoms with E-state index in [1.807, 2.05) is 0 Å². The van der Waals surface area contributed by atoms with E-state index < -0.39 is 0 Å². The summed E-state index contributed by atoms with van der Waals surface area (Å²) < 4.78 is 0. The van der Waals surface area contributed by atoms with Gasteiger partial charge in [-0.3, -0.25) is 0 Å². The number of allylic oxidation sites excluding steroid dienone is 2. The molecule has 0 aromatic rings. The van der Waals surface area contributed by atoms with Gasteiger partial charge in [0.1, 0.15) is 0 Å². The van der Waals surface area contributed by atoms with Crippen molar-refractivity contribution >= 4 is 0 Å². The summed E-state index contributed by atoms with van der Waals surface area (Å²) in [6.45, 7) is 4.37. The molecule has 1 aliphatic rings. The standard InChI is InChI=1S/C6H11N/c1-6(2)3-5(7)4-6/h3H,4,7H2,1-2H3. The zero-order valence-electron chi connectivity index (χ0n) is 4.86. The van der Waals surface area contributed by atoms with Crippen molar-refractivity contribution in [3.8, 4) is 0 Å². The largest absolute Gasteiger partial charge is 0.402 e. The molecule has 1 aliphatic carbocycles. The van der Waals surface area contributed by atoms with Gasteiger partial charge < -0.3 is 5.73 Å². The summed E-state index contributed by atoms with van der Waals surface area (Å²) in [4.78, 5) is 0. The third-order valence-corrected chi connectivity index (χ3v) is 1.24. The van der Waals surface area contributed by atoms with Crippen LogP contribution in [-0.4, -0.2) is 0 Å². The molecule has 0 unspecified atom stereocenters. The SMILES string of the molecule is CC1(C)C=C(N)C1. The third-order valence-electron chi connectivity index (χ3n) is 1.24. The first kappa shape index (κ1) is 4.69. The van der Waals surface area contributed by atoms with Crippen LogP contribution in [0, 0.1) is 5.41 Å². The summed E-state index contributed by atoms with van der Waals surface area (Å²) in [6.07, 6.45) is 3.18. The Morgan fingerprint density at radius 1 is 1.71 bits per heavy atom. The quantitative estimate of drug-likeness (QED) is 0.484. The van der Waals surface area contributed by atoms with Crippen molar-refractivity contribution in [2.45, 2.75) is 20.3 Å². The molecular formula is C6H11N. The van der Waals surface area contributed by atoms with Crippen molar-refractivity contribution in [3.05, 3.63) is 11.8 Å². The second kappa shape index (κ2) is 1.03.